The molecule has 1 unspecified atom stereocenters. The molecule has 0 fully saturated rings. The van der Waals surface area contributed by atoms with Crippen molar-refractivity contribution in [2.24, 2.45) is 5.92 Å². The van der Waals surface area contributed by atoms with E-state index in [4.69, 9.17) is 9.72 Å². The minimum atomic E-state index is -1.05. The Morgan fingerprint density at radius 2 is 1.86 bits per heavy atom. The third kappa shape index (κ3) is 4.85. The largest absolute Gasteiger partial charge is 0.479 e. The summed E-state index contributed by atoms with van der Waals surface area (Å²) in [5.74, 6) is -0.473. The Labute approximate surface area is 176 Å². The van der Waals surface area contributed by atoms with E-state index in [1.165, 1.54) is 0 Å². The lowest BCUT2D eigenvalue weighted by Gasteiger charge is -2.28. The molecule has 5 heteroatoms. The first kappa shape index (κ1) is 21.5. The summed E-state index contributed by atoms with van der Waals surface area (Å²) in [5.41, 5.74) is 3.84. The molecule has 1 aromatic heterocycles. The van der Waals surface area contributed by atoms with Crippen LogP contribution in [0.15, 0.2) is 36.4 Å². The van der Waals surface area contributed by atoms with Crippen molar-refractivity contribution < 1.29 is 14.6 Å². The Balaban J connectivity index is 2.33. The number of carbonyl (C=O) groups is 1. The molecule has 0 aliphatic carbocycles. The fourth-order valence-electron chi connectivity index (χ4n) is 3.51. The molecule has 0 aliphatic rings. The van der Waals surface area contributed by atoms with Crippen molar-refractivity contribution in [2.75, 3.05) is 0 Å². The van der Waals surface area contributed by atoms with E-state index in [2.05, 4.69) is 13.8 Å². The van der Waals surface area contributed by atoms with Crippen molar-refractivity contribution in [2.45, 2.75) is 59.7 Å². The van der Waals surface area contributed by atoms with E-state index < -0.39 is 17.7 Å². The van der Waals surface area contributed by atoms with Crippen LogP contribution in [0.25, 0.3) is 21.3 Å². The Kier molecular flexibility index (Phi) is 6.11. The quantitative estimate of drug-likeness (QED) is 0.509. The molecule has 1 atom stereocenters. The van der Waals surface area contributed by atoms with Crippen LogP contribution >= 0.6 is 11.3 Å². The van der Waals surface area contributed by atoms with Crippen LogP contribution in [0.1, 0.15) is 56.9 Å². The molecule has 0 radical (unpaired) electrons. The summed E-state index contributed by atoms with van der Waals surface area (Å²) < 4.78 is 7.06. The smallest absolute Gasteiger partial charge is 0.337 e. The van der Waals surface area contributed by atoms with E-state index in [1.54, 1.807) is 11.3 Å². The van der Waals surface area contributed by atoms with Crippen LogP contribution in [0.2, 0.25) is 0 Å². The van der Waals surface area contributed by atoms with Crippen LogP contribution in [0.3, 0.4) is 0 Å². The number of aryl methyl sites for hydroxylation is 1. The van der Waals surface area contributed by atoms with Crippen molar-refractivity contribution in [3.8, 4) is 11.1 Å². The number of fused-ring (bicyclic) bond motifs is 1. The number of ether oxygens (including phenoxy) is 1. The lowest BCUT2D eigenvalue weighted by atomic mass is 9.91. The highest BCUT2D eigenvalue weighted by atomic mass is 32.1. The average Bonchev–Trinajstić information content (AvgIpc) is 2.99. The molecular weight excluding hydrogens is 382 g/mol. The minimum absolute atomic E-state index is 0.507. The fourth-order valence-corrected chi connectivity index (χ4v) is 4.84. The molecule has 3 rings (SSSR count). The molecule has 0 spiro atoms. The zero-order chi connectivity index (χ0) is 21.3. The van der Waals surface area contributed by atoms with Crippen LogP contribution in [0, 0.1) is 12.8 Å². The maximum atomic E-state index is 12.3. The zero-order valence-corrected chi connectivity index (χ0v) is 18.8. The molecule has 1 N–H and O–H groups in total. The van der Waals surface area contributed by atoms with Gasteiger partial charge in [0.25, 0.3) is 0 Å². The zero-order valence-electron chi connectivity index (χ0n) is 17.9. The monoisotopic (exact) mass is 411 g/mol. The number of nitrogens with zero attached hydrogens (tertiary/aromatic N) is 1. The molecule has 3 aromatic rings. The highest BCUT2D eigenvalue weighted by Gasteiger charge is 2.32. The van der Waals surface area contributed by atoms with Gasteiger partial charge in [0.15, 0.2) is 6.10 Å². The van der Waals surface area contributed by atoms with Crippen molar-refractivity contribution in [3.05, 3.63) is 52.5 Å². The van der Waals surface area contributed by atoms with Gasteiger partial charge in [0.05, 0.1) is 20.8 Å². The standard InChI is InChI=1S/C24H29NO3S/c1-14(2)12-18-25-17-13-15(3)19(21(23(26)27)28-24(4,5)6)20(22(17)29-18)16-10-8-7-9-11-16/h7-11,13-14,21H,12H2,1-6H3,(H,26,27). The number of thiazole rings is 1. The number of carboxylic acid groups (broad SMARTS) is 1. The molecule has 0 bridgehead atoms. The number of hydrogen-bond donors (Lipinski definition) is 1. The van der Waals surface area contributed by atoms with E-state index in [9.17, 15) is 9.90 Å². The average molecular weight is 412 g/mol. The summed E-state index contributed by atoms with van der Waals surface area (Å²) in [6.07, 6.45) is -0.145. The third-order valence-electron chi connectivity index (χ3n) is 4.58. The molecule has 154 valence electrons. The normalized spacial score (nSPS) is 13.2. The second-order valence-electron chi connectivity index (χ2n) is 8.85. The predicted molar refractivity (Wildman–Crippen MR) is 120 cm³/mol. The molecule has 1 heterocycles. The summed E-state index contributed by atoms with van der Waals surface area (Å²) in [6.45, 7) is 12.0. The SMILES string of the molecule is Cc1cc2nc(CC(C)C)sc2c(-c2ccccc2)c1C(OC(C)(C)C)C(=O)O. The molecule has 0 amide bonds. The third-order valence-corrected chi connectivity index (χ3v) is 5.69. The van der Waals surface area contributed by atoms with Gasteiger partial charge in [-0.3, -0.25) is 0 Å². The molecular formula is C24H29NO3S. The van der Waals surface area contributed by atoms with Crippen LogP contribution in [-0.4, -0.2) is 21.7 Å². The van der Waals surface area contributed by atoms with Gasteiger partial charge in [0.2, 0.25) is 0 Å². The van der Waals surface area contributed by atoms with E-state index in [1.807, 2.05) is 64.1 Å². The fraction of sp³-hybridized carbons (Fsp3) is 0.417. The summed E-state index contributed by atoms with van der Waals surface area (Å²) in [6, 6.07) is 12.0. The number of aromatic nitrogens is 1. The van der Waals surface area contributed by atoms with Crippen molar-refractivity contribution in [1.82, 2.24) is 4.98 Å². The van der Waals surface area contributed by atoms with Crippen molar-refractivity contribution in [1.29, 1.82) is 0 Å². The summed E-state index contributed by atoms with van der Waals surface area (Å²) in [5, 5.41) is 11.1. The van der Waals surface area contributed by atoms with Gasteiger partial charge < -0.3 is 9.84 Å². The van der Waals surface area contributed by atoms with Crippen LogP contribution in [-0.2, 0) is 16.0 Å². The first-order valence-electron chi connectivity index (χ1n) is 9.95. The lowest BCUT2D eigenvalue weighted by Crippen LogP contribution is -2.28. The lowest BCUT2D eigenvalue weighted by molar-refractivity contribution is -0.160. The Hall–Kier alpha value is -2.24. The first-order chi connectivity index (χ1) is 13.6. The van der Waals surface area contributed by atoms with Crippen LogP contribution in [0.5, 0.6) is 0 Å². The minimum Gasteiger partial charge on any atom is -0.479 e. The van der Waals surface area contributed by atoms with Gasteiger partial charge in [-0.2, -0.15) is 0 Å². The van der Waals surface area contributed by atoms with E-state index >= 15 is 0 Å². The Morgan fingerprint density at radius 3 is 2.41 bits per heavy atom. The molecule has 0 aliphatic heterocycles. The van der Waals surface area contributed by atoms with E-state index in [0.717, 1.165) is 38.3 Å². The molecule has 2 aromatic carbocycles. The predicted octanol–water partition coefficient (Wildman–Crippen LogP) is 6.41. The number of rotatable bonds is 6. The Bertz CT molecular complexity index is 1020. The topological polar surface area (TPSA) is 59.4 Å². The van der Waals surface area contributed by atoms with Gasteiger partial charge in [-0.15, -0.1) is 11.3 Å². The summed E-state index contributed by atoms with van der Waals surface area (Å²) in [7, 11) is 0. The molecule has 0 saturated carbocycles. The van der Waals surface area contributed by atoms with Gasteiger partial charge in [-0.1, -0.05) is 44.2 Å². The van der Waals surface area contributed by atoms with Gasteiger partial charge in [-0.05, 0) is 50.8 Å². The highest BCUT2D eigenvalue weighted by Crippen LogP contribution is 2.42. The maximum absolute atomic E-state index is 12.3. The van der Waals surface area contributed by atoms with Crippen molar-refractivity contribution >= 4 is 27.5 Å². The number of aliphatic carboxylic acids is 1. The highest BCUT2D eigenvalue weighted by molar-refractivity contribution is 7.19. The molecule has 4 nitrogen and oxygen atoms in total. The van der Waals surface area contributed by atoms with Gasteiger partial charge in [-0.25, -0.2) is 9.78 Å². The summed E-state index contributed by atoms with van der Waals surface area (Å²) in [4.78, 5) is 17.1. The number of benzene rings is 2. The maximum Gasteiger partial charge on any atom is 0.337 e. The number of carboxylic acids is 1. The van der Waals surface area contributed by atoms with Crippen molar-refractivity contribution in [3.63, 3.8) is 0 Å². The number of hydrogen-bond acceptors (Lipinski definition) is 4. The van der Waals surface area contributed by atoms with E-state index in [-0.39, 0.29) is 0 Å². The summed E-state index contributed by atoms with van der Waals surface area (Å²) >= 11 is 1.66. The van der Waals surface area contributed by atoms with Gasteiger partial charge >= 0.3 is 5.97 Å². The Morgan fingerprint density at radius 1 is 1.21 bits per heavy atom. The van der Waals surface area contributed by atoms with Crippen LogP contribution in [0.4, 0.5) is 0 Å². The van der Waals surface area contributed by atoms with Gasteiger partial charge in [0.1, 0.15) is 0 Å². The first-order valence-corrected chi connectivity index (χ1v) is 10.8. The van der Waals surface area contributed by atoms with E-state index in [0.29, 0.717) is 11.5 Å². The second kappa shape index (κ2) is 8.25. The van der Waals surface area contributed by atoms with Gasteiger partial charge in [0, 0.05) is 17.5 Å². The molecule has 29 heavy (non-hydrogen) atoms. The second-order valence-corrected chi connectivity index (χ2v) is 9.93. The molecule has 0 saturated heterocycles. The van der Waals surface area contributed by atoms with Crippen LogP contribution < -0.4 is 0 Å².